The lowest BCUT2D eigenvalue weighted by Gasteiger charge is -2.59. The lowest BCUT2D eigenvalue weighted by molar-refractivity contribution is -0.281. The van der Waals surface area contributed by atoms with Gasteiger partial charge in [0.15, 0.2) is 5.79 Å². The fourth-order valence-corrected chi connectivity index (χ4v) is 4.73. The van der Waals surface area contributed by atoms with Crippen LogP contribution in [0.15, 0.2) is 0 Å². The van der Waals surface area contributed by atoms with Crippen molar-refractivity contribution < 1.29 is 14.3 Å². The first-order valence-corrected chi connectivity index (χ1v) is 7.19. The van der Waals surface area contributed by atoms with Crippen LogP contribution in [0.1, 0.15) is 52.9 Å². The predicted octanol–water partition coefficient (Wildman–Crippen LogP) is 2.93. The summed E-state index contributed by atoms with van der Waals surface area (Å²) in [5, 5.41) is 0. The average Bonchev–Trinajstić information content (AvgIpc) is 2.72. The first-order chi connectivity index (χ1) is 8.40. The molecule has 3 nitrogen and oxygen atoms in total. The van der Waals surface area contributed by atoms with Gasteiger partial charge >= 0.3 is 0 Å². The molecule has 2 aliphatic carbocycles. The Bertz CT molecular complexity index is 368. The van der Waals surface area contributed by atoms with Crippen LogP contribution < -0.4 is 0 Å². The van der Waals surface area contributed by atoms with Crippen molar-refractivity contribution in [3.8, 4) is 0 Å². The molecule has 1 aliphatic heterocycles. The van der Waals surface area contributed by atoms with Gasteiger partial charge in [0.2, 0.25) is 0 Å². The Hall–Kier alpha value is -0.410. The number of hydrogen-bond acceptors (Lipinski definition) is 3. The Labute approximate surface area is 109 Å². The average molecular weight is 252 g/mol. The largest absolute Gasteiger partial charge is 0.347 e. The molecular formula is C15H24O3. The molecule has 0 N–H and O–H groups in total. The van der Waals surface area contributed by atoms with Crippen LogP contribution in [-0.4, -0.2) is 24.8 Å². The number of Topliss-reactive ketones (excluding diaryl/α,β-unsaturated/α-hetero) is 1. The van der Waals surface area contributed by atoms with Crippen LogP contribution in [0.2, 0.25) is 0 Å². The zero-order chi connectivity index (χ0) is 13.0. The first kappa shape index (κ1) is 12.6. The monoisotopic (exact) mass is 252 g/mol. The van der Waals surface area contributed by atoms with Gasteiger partial charge in [-0.2, -0.15) is 0 Å². The van der Waals surface area contributed by atoms with Crippen LogP contribution >= 0.6 is 0 Å². The highest BCUT2D eigenvalue weighted by molar-refractivity contribution is 5.81. The summed E-state index contributed by atoms with van der Waals surface area (Å²) in [5.74, 6) is 0.0810. The molecule has 0 amide bonds. The molecule has 1 heterocycles. The molecule has 0 bridgehead atoms. The zero-order valence-electron chi connectivity index (χ0n) is 11.8. The summed E-state index contributed by atoms with van der Waals surface area (Å²) in [5.41, 5.74) is 0.213. The van der Waals surface area contributed by atoms with Crippen LogP contribution in [-0.2, 0) is 14.3 Å². The van der Waals surface area contributed by atoms with E-state index in [1.54, 1.807) is 0 Å². The van der Waals surface area contributed by atoms with Gasteiger partial charge in [0, 0.05) is 11.8 Å². The van der Waals surface area contributed by atoms with E-state index >= 15 is 0 Å². The van der Waals surface area contributed by atoms with E-state index < -0.39 is 5.79 Å². The molecule has 3 aliphatic rings. The molecule has 18 heavy (non-hydrogen) atoms. The molecule has 2 saturated carbocycles. The SMILES string of the molecule is CC1(C)CCC[C@@]2(C)[C@H]1CC(=O)CC21OCCO1. The molecular weight excluding hydrogens is 228 g/mol. The van der Waals surface area contributed by atoms with E-state index in [0.29, 0.717) is 37.8 Å². The van der Waals surface area contributed by atoms with Gasteiger partial charge in [-0.25, -0.2) is 0 Å². The van der Waals surface area contributed by atoms with Crippen molar-refractivity contribution >= 4 is 5.78 Å². The van der Waals surface area contributed by atoms with Crippen molar-refractivity contribution in [3.05, 3.63) is 0 Å². The maximum atomic E-state index is 12.1. The second kappa shape index (κ2) is 3.80. The quantitative estimate of drug-likeness (QED) is 0.665. The highest BCUT2D eigenvalue weighted by atomic mass is 16.7. The lowest BCUT2D eigenvalue weighted by atomic mass is 9.49. The van der Waals surface area contributed by atoms with Crippen molar-refractivity contribution in [3.63, 3.8) is 0 Å². The molecule has 1 spiro atoms. The van der Waals surface area contributed by atoms with E-state index in [2.05, 4.69) is 20.8 Å². The molecule has 3 rings (SSSR count). The minimum Gasteiger partial charge on any atom is -0.347 e. The fourth-order valence-electron chi connectivity index (χ4n) is 4.73. The van der Waals surface area contributed by atoms with E-state index in [-0.39, 0.29) is 10.8 Å². The predicted molar refractivity (Wildman–Crippen MR) is 68.1 cm³/mol. The summed E-state index contributed by atoms with van der Waals surface area (Å²) in [7, 11) is 0. The first-order valence-electron chi connectivity index (χ1n) is 7.19. The maximum absolute atomic E-state index is 12.1. The van der Waals surface area contributed by atoms with E-state index in [9.17, 15) is 4.79 Å². The molecule has 1 saturated heterocycles. The van der Waals surface area contributed by atoms with Gasteiger partial charge in [0.1, 0.15) is 5.78 Å². The molecule has 102 valence electrons. The third-order valence-corrected chi connectivity index (χ3v) is 5.72. The molecule has 2 atom stereocenters. The third kappa shape index (κ3) is 1.53. The van der Waals surface area contributed by atoms with Gasteiger partial charge in [-0.05, 0) is 24.2 Å². The number of carbonyl (C=O) groups excluding carboxylic acids is 1. The standard InChI is InChI=1S/C15H24O3/c1-13(2)5-4-6-14(3)12(13)9-11(16)10-15(14)17-7-8-18-15/h12H,4-10H2,1-3H3/t12-,14-/m0/s1. The summed E-state index contributed by atoms with van der Waals surface area (Å²) < 4.78 is 11.9. The van der Waals surface area contributed by atoms with E-state index in [4.69, 9.17) is 9.47 Å². The summed E-state index contributed by atoms with van der Waals surface area (Å²) >= 11 is 0. The van der Waals surface area contributed by atoms with Gasteiger partial charge < -0.3 is 9.47 Å². The summed E-state index contributed by atoms with van der Waals surface area (Å²) in [4.78, 5) is 12.1. The van der Waals surface area contributed by atoms with Crippen molar-refractivity contribution in [1.29, 1.82) is 0 Å². The molecule has 0 unspecified atom stereocenters. The molecule has 0 radical (unpaired) electrons. The summed E-state index contributed by atoms with van der Waals surface area (Å²) in [6, 6.07) is 0. The van der Waals surface area contributed by atoms with Crippen LogP contribution in [0.5, 0.6) is 0 Å². The normalized spacial score (nSPS) is 41.9. The van der Waals surface area contributed by atoms with Crippen molar-refractivity contribution in [2.75, 3.05) is 13.2 Å². The van der Waals surface area contributed by atoms with Crippen molar-refractivity contribution in [1.82, 2.24) is 0 Å². The Kier molecular flexibility index (Phi) is 2.66. The summed E-state index contributed by atoms with van der Waals surface area (Å²) in [6.45, 7) is 8.16. The number of ether oxygens (including phenoxy) is 2. The van der Waals surface area contributed by atoms with E-state index in [1.807, 2.05) is 0 Å². The van der Waals surface area contributed by atoms with Gasteiger partial charge in [-0.15, -0.1) is 0 Å². The molecule has 3 fully saturated rings. The van der Waals surface area contributed by atoms with Gasteiger partial charge in [0.25, 0.3) is 0 Å². The Morgan fingerprint density at radius 1 is 1.11 bits per heavy atom. The van der Waals surface area contributed by atoms with Crippen molar-refractivity contribution in [2.45, 2.75) is 58.7 Å². The van der Waals surface area contributed by atoms with Gasteiger partial charge in [-0.3, -0.25) is 4.79 Å². The highest BCUT2D eigenvalue weighted by Crippen LogP contribution is 2.62. The minimum absolute atomic E-state index is 0.000833. The molecule has 0 aromatic heterocycles. The third-order valence-electron chi connectivity index (χ3n) is 5.72. The number of carbonyl (C=O) groups is 1. The summed E-state index contributed by atoms with van der Waals surface area (Å²) in [6.07, 6.45) is 4.70. The Morgan fingerprint density at radius 3 is 2.44 bits per heavy atom. The number of fused-ring (bicyclic) bond motifs is 2. The smallest absolute Gasteiger partial charge is 0.180 e. The topological polar surface area (TPSA) is 35.5 Å². The second-order valence-corrected chi connectivity index (χ2v) is 7.18. The van der Waals surface area contributed by atoms with Gasteiger partial charge in [0.05, 0.1) is 19.6 Å². The van der Waals surface area contributed by atoms with Crippen LogP contribution in [0, 0.1) is 16.7 Å². The molecule has 0 aromatic carbocycles. The Morgan fingerprint density at radius 2 is 1.78 bits per heavy atom. The Balaban J connectivity index is 2.04. The number of ketones is 1. The second-order valence-electron chi connectivity index (χ2n) is 7.18. The molecule has 0 aromatic rings. The number of rotatable bonds is 0. The van der Waals surface area contributed by atoms with Crippen LogP contribution in [0.3, 0.4) is 0 Å². The van der Waals surface area contributed by atoms with Crippen LogP contribution in [0.25, 0.3) is 0 Å². The van der Waals surface area contributed by atoms with Crippen molar-refractivity contribution in [2.24, 2.45) is 16.7 Å². The van der Waals surface area contributed by atoms with Crippen LogP contribution in [0.4, 0.5) is 0 Å². The van der Waals surface area contributed by atoms with E-state index in [1.165, 1.54) is 12.8 Å². The number of hydrogen-bond donors (Lipinski definition) is 0. The molecule has 3 heteroatoms. The highest BCUT2D eigenvalue weighted by Gasteiger charge is 2.64. The zero-order valence-corrected chi connectivity index (χ0v) is 11.8. The lowest BCUT2D eigenvalue weighted by Crippen LogP contribution is -2.61. The minimum atomic E-state index is -0.620. The maximum Gasteiger partial charge on any atom is 0.180 e. The fraction of sp³-hybridized carbons (Fsp3) is 0.933. The van der Waals surface area contributed by atoms with E-state index in [0.717, 1.165) is 6.42 Å². The van der Waals surface area contributed by atoms with Gasteiger partial charge in [-0.1, -0.05) is 27.2 Å².